The average Bonchev–Trinajstić information content (AvgIpc) is 2.82. The lowest BCUT2D eigenvalue weighted by Gasteiger charge is -2.16. The number of nitrogens with zero attached hydrogens (tertiary/aromatic N) is 2. The molecule has 2 rings (SSSR count). The molecule has 1 saturated heterocycles. The predicted octanol–water partition coefficient (Wildman–Crippen LogP) is 1.10. The zero-order chi connectivity index (χ0) is 13.2. The smallest absolute Gasteiger partial charge is 0.238 e. The Morgan fingerprint density at radius 2 is 2.33 bits per heavy atom. The second kappa shape index (κ2) is 5.26. The molecule has 1 aliphatic heterocycles. The first kappa shape index (κ1) is 13.3. The standard InChI is InChI=1S/C12H20N2O4/c1-12(2)17-8-10(18-12)7-16-6-9-5-14(3)13-11(9)15-4/h5,10H,6-8H2,1-4H3. The van der Waals surface area contributed by atoms with Gasteiger partial charge in [-0.2, -0.15) is 0 Å². The molecule has 6 nitrogen and oxygen atoms in total. The van der Waals surface area contributed by atoms with Crippen LogP contribution >= 0.6 is 0 Å². The minimum absolute atomic E-state index is 0.0114. The maximum atomic E-state index is 5.65. The van der Waals surface area contributed by atoms with Gasteiger partial charge in [0.2, 0.25) is 5.88 Å². The summed E-state index contributed by atoms with van der Waals surface area (Å²) in [6.07, 6.45) is 1.87. The van der Waals surface area contributed by atoms with E-state index in [9.17, 15) is 0 Å². The van der Waals surface area contributed by atoms with Crippen LogP contribution in [0.5, 0.6) is 5.88 Å². The van der Waals surface area contributed by atoms with E-state index in [1.807, 2.05) is 27.1 Å². The lowest BCUT2D eigenvalue weighted by atomic mass is 10.3. The Hall–Kier alpha value is -1.11. The van der Waals surface area contributed by atoms with Gasteiger partial charge in [0.1, 0.15) is 6.10 Å². The molecule has 0 spiro atoms. The van der Waals surface area contributed by atoms with Gasteiger partial charge in [0.15, 0.2) is 5.79 Å². The van der Waals surface area contributed by atoms with Crippen molar-refractivity contribution in [1.82, 2.24) is 9.78 Å². The third-order valence-electron chi connectivity index (χ3n) is 2.69. The molecule has 0 aliphatic carbocycles. The number of methoxy groups -OCH3 is 1. The quantitative estimate of drug-likeness (QED) is 0.789. The van der Waals surface area contributed by atoms with Gasteiger partial charge in [-0.3, -0.25) is 4.68 Å². The van der Waals surface area contributed by atoms with Gasteiger partial charge in [-0.15, -0.1) is 5.10 Å². The Morgan fingerprint density at radius 3 is 2.94 bits per heavy atom. The van der Waals surface area contributed by atoms with Crippen molar-refractivity contribution in [1.29, 1.82) is 0 Å². The van der Waals surface area contributed by atoms with Crippen LogP contribution in [0.2, 0.25) is 0 Å². The predicted molar refractivity (Wildman–Crippen MR) is 64.3 cm³/mol. The molecular formula is C12H20N2O4. The minimum Gasteiger partial charge on any atom is -0.480 e. The van der Waals surface area contributed by atoms with Crippen molar-refractivity contribution in [3.05, 3.63) is 11.8 Å². The average molecular weight is 256 g/mol. The molecule has 1 fully saturated rings. The molecule has 1 atom stereocenters. The SMILES string of the molecule is COc1nn(C)cc1COCC1COC(C)(C)O1. The van der Waals surface area contributed by atoms with Crippen molar-refractivity contribution in [3.8, 4) is 5.88 Å². The van der Waals surface area contributed by atoms with Crippen molar-refractivity contribution >= 4 is 0 Å². The van der Waals surface area contributed by atoms with Gasteiger partial charge in [0.05, 0.1) is 32.5 Å². The van der Waals surface area contributed by atoms with Gasteiger partial charge in [-0.25, -0.2) is 0 Å². The summed E-state index contributed by atoms with van der Waals surface area (Å²) < 4.78 is 23.6. The molecule has 1 aromatic heterocycles. The summed E-state index contributed by atoms with van der Waals surface area (Å²) in [6, 6.07) is 0. The number of ether oxygens (including phenoxy) is 4. The molecule has 0 bridgehead atoms. The van der Waals surface area contributed by atoms with Crippen molar-refractivity contribution in [2.24, 2.45) is 7.05 Å². The second-order valence-electron chi connectivity index (χ2n) is 4.80. The third kappa shape index (κ3) is 3.22. The maximum Gasteiger partial charge on any atom is 0.238 e. The van der Waals surface area contributed by atoms with Crippen molar-refractivity contribution in [3.63, 3.8) is 0 Å². The van der Waals surface area contributed by atoms with E-state index < -0.39 is 5.79 Å². The van der Waals surface area contributed by atoms with E-state index in [4.69, 9.17) is 18.9 Å². The number of aromatic nitrogens is 2. The van der Waals surface area contributed by atoms with E-state index in [0.717, 1.165) is 5.56 Å². The normalized spacial score (nSPS) is 22.3. The van der Waals surface area contributed by atoms with Crippen LogP contribution in [0.3, 0.4) is 0 Å². The topological polar surface area (TPSA) is 54.7 Å². The van der Waals surface area contributed by atoms with Crippen LogP contribution in [0.1, 0.15) is 19.4 Å². The molecule has 1 aromatic rings. The molecule has 0 saturated carbocycles. The highest BCUT2D eigenvalue weighted by Crippen LogP contribution is 2.23. The monoisotopic (exact) mass is 256 g/mol. The van der Waals surface area contributed by atoms with Crippen LogP contribution in [0.25, 0.3) is 0 Å². The van der Waals surface area contributed by atoms with E-state index in [1.54, 1.807) is 11.8 Å². The van der Waals surface area contributed by atoms with Crippen LogP contribution in [-0.4, -0.2) is 42.0 Å². The summed E-state index contributed by atoms with van der Waals surface area (Å²) in [7, 11) is 3.45. The molecule has 1 unspecified atom stereocenters. The first-order valence-electron chi connectivity index (χ1n) is 5.96. The summed E-state index contributed by atoms with van der Waals surface area (Å²) in [6.45, 7) is 5.32. The van der Waals surface area contributed by atoms with E-state index in [-0.39, 0.29) is 6.10 Å². The van der Waals surface area contributed by atoms with Crippen molar-refractivity contribution in [2.75, 3.05) is 20.3 Å². The molecule has 102 valence electrons. The lowest BCUT2D eigenvalue weighted by molar-refractivity contribution is -0.145. The minimum atomic E-state index is -0.500. The van der Waals surface area contributed by atoms with Crippen molar-refractivity contribution in [2.45, 2.75) is 32.3 Å². The number of hydrogen-bond donors (Lipinski definition) is 0. The fourth-order valence-corrected chi connectivity index (χ4v) is 1.93. The van der Waals surface area contributed by atoms with E-state index in [2.05, 4.69) is 5.10 Å². The first-order chi connectivity index (χ1) is 8.50. The molecule has 0 amide bonds. The molecule has 6 heteroatoms. The fraction of sp³-hybridized carbons (Fsp3) is 0.750. The van der Waals surface area contributed by atoms with Gasteiger partial charge in [0.25, 0.3) is 0 Å². The second-order valence-corrected chi connectivity index (χ2v) is 4.80. The van der Waals surface area contributed by atoms with Crippen LogP contribution < -0.4 is 4.74 Å². The zero-order valence-corrected chi connectivity index (χ0v) is 11.3. The van der Waals surface area contributed by atoms with Gasteiger partial charge < -0.3 is 18.9 Å². The lowest BCUT2D eigenvalue weighted by Crippen LogP contribution is -2.24. The van der Waals surface area contributed by atoms with E-state index in [1.165, 1.54) is 0 Å². The van der Waals surface area contributed by atoms with Crippen LogP contribution in [0.15, 0.2) is 6.20 Å². The highest BCUT2D eigenvalue weighted by atomic mass is 16.7. The first-order valence-corrected chi connectivity index (χ1v) is 5.96. The molecule has 2 heterocycles. The molecule has 0 radical (unpaired) electrons. The van der Waals surface area contributed by atoms with Gasteiger partial charge >= 0.3 is 0 Å². The van der Waals surface area contributed by atoms with Gasteiger partial charge in [0, 0.05) is 13.2 Å². The molecule has 1 aliphatic rings. The Balaban J connectivity index is 1.78. The number of rotatable bonds is 5. The summed E-state index contributed by atoms with van der Waals surface area (Å²) in [5.74, 6) is 0.0986. The molecule has 0 N–H and O–H groups in total. The summed E-state index contributed by atoms with van der Waals surface area (Å²) in [4.78, 5) is 0. The Morgan fingerprint density at radius 1 is 1.56 bits per heavy atom. The van der Waals surface area contributed by atoms with E-state index in [0.29, 0.717) is 25.7 Å². The Bertz CT molecular complexity index is 403. The highest BCUT2D eigenvalue weighted by Gasteiger charge is 2.32. The molecule has 18 heavy (non-hydrogen) atoms. The number of aryl methyl sites for hydroxylation is 1. The number of hydrogen-bond acceptors (Lipinski definition) is 5. The Labute approximate surface area is 107 Å². The third-order valence-corrected chi connectivity index (χ3v) is 2.69. The van der Waals surface area contributed by atoms with Crippen LogP contribution in [0, 0.1) is 0 Å². The van der Waals surface area contributed by atoms with Crippen LogP contribution in [-0.2, 0) is 27.9 Å². The maximum absolute atomic E-state index is 5.65. The molecule has 0 aromatic carbocycles. The van der Waals surface area contributed by atoms with Gasteiger partial charge in [-0.1, -0.05) is 0 Å². The summed E-state index contributed by atoms with van der Waals surface area (Å²) in [5, 5.41) is 4.16. The van der Waals surface area contributed by atoms with Gasteiger partial charge in [-0.05, 0) is 13.8 Å². The van der Waals surface area contributed by atoms with Crippen molar-refractivity contribution < 1.29 is 18.9 Å². The fourth-order valence-electron chi connectivity index (χ4n) is 1.93. The van der Waals surface area contributed by atoms with E-state index >= 15 is 0 Å². The molecular weight excluding hydrogens is 236 g/mol. The zero-order valence-electron chi connectivity index (χ0n) is 11.3. The highest BCUT2D eigenvalue weighted by molar-refractivity contribution is 5.21. The summed E-state index contributed by atoms with van der Waals surface area (Å²) in [5.41, 5.74) is 0.929. The largest absolute Gasteiger partial charge is 0.480 e. The Kier molecular flexibility index (Phi) is 3.89. The summed E-state index contributed by atoms with van der Waals surface area (Å²) >= 11 is 0. The van der Waals surface area contributed by atoms with Crippen LogP contribution in [0.4, 0.5) is 0 Å².